The van der Waals surface area contributed by atoms with Gasteiger partial charge >= 0.3 is 12.1 Å². The van der Waals surface area contributed by atoms with E-state index in [1.807, 2.05) is 47.6 Å². The fourth-order valence-corrected chi connectivity index (χ4v) is 8.64. The van der Waals surface area contributed by atoms with Gasteiger partial charge in [-0.1, -0.05) is 89.1 Å². The van der Waals surface area contributed by atoms with Gasteiger partial charge in [0.25, 0.3) is 0 Å². The molecule has 3 heterocycles. The number of ether oxygens (including phenoxy) is 7. The van der Waals surface area contributed by atoms with Crippen LogP contribution in [0.2, 0.25) is 0 Å². The summed E-state index contributed by atoms with van der Waals surface area (Å²) in [5, 5.41) is 57.6. The van der Waals surface area contributed by atoms with E-state index in [4.69, 9.17) is 38.9 Å². The van der Waals surface area contributed by atoms with Gasteiger partial charge in [0.2, 0.25) is 5.76 Å². The molecule has 15 nitrogen and oxygen atoms in total. The molecule has 3 aliphatic heterocycles. The fraction of sp³-hybridized carbons (Fsp3) is 0.733. The number of primary amides is 1. The molecular formula is C45H73NO14. The van der Waals surface area contributed by atoms with E-state index in [0.717, 1.165) is 5.57 Å². The third-order valence-electron chi connectivity index (χ3n) is 12.5. The molecule has 0 saturated carbocycles. The highest BCUT2D eigenvalue weighted by Crippen LogP contribution is 2.42. The van der Waals surface area contributed by atoms with Crippen LogP contribution in [-0.4, -0.2) is 125 Å². The SMILES string of the molecule is C/C=C/[C@H]1O[C@@](O)([C@@H](C)[C@H](O)[C@H](C)[C@H]2OC(=O)C(OC)=C/C(C)=C/[C@@H](C)[C@@H](O)[C@@H](C)[C@@H](O)[C@H](C)C/C(C)=C\C=C\[C@@H]2OC)C[C@@H](O[C@H]2C[C@@H](O)[C@H](OC(N)=O)[C@@H](C)O2)[C@@H]1C. The predicted molar refractivity (Wildman–Crippen MR) is 224 cm³/mol. The van der Waals surface area contributed by atoms with Gasteiger partial charge in [-0.3, -0.25) is 0 Å². The number of carbonyl (C=O) groups excluding carboxylic acids is 2. The molecule has 7 N–H and O–H groups in total. The molecule has 342 valence electrons. The van der Waals surface area contributed by atoms with Crippen molar-refractivity contribution in [2.75, 3.05) is 14.2 Å². The van der Waals surface area contributed by atoms with Crippen LogP contribution in [0.3, 0.4) is 0 Å². The molecule has 0 bridgehead atoms. The molecule has 18 atom stereocenters. The van der Waals surface area contributed by atoms with Crippen LogP contribution < -0.4 is 5.73 Å². The minimum absolute atomic E-state index is 0.0314. The summed E-state index contributed by atoms with van der Waals surface area (Å²) >= 11 is 0. The summed E-state index contributed by atoms with van der Waals surface area (Å²) < 4.78 is 41.3. The highest BCUT2D eigenvalue weighted by Gasteiger charge is 2.52. The van der Waals surface area contributed by atoms with E-state index in [1.54, 1.807) is 58.1 Å². The van der Waals surface area contributed by atoms with Crippen LogP contribution >= 0.6 is 0 Å². The molecule has 0 aliphatic carbocycles. The van der Waals surface area contributed by atoms with Crippen molar-refractivity contribution < 1.29 is 68.3 Å². The number of aliphatic hydroxyl groups excluding tert-OH is 4. The highest BCUT2D eigenvalue weighted by atomic mass is 16.7. The quantitative estimate of drug-likeness (QED) is 0.131. The smallest absolute Gasteiger partial charge is 0.404 e. The Hall–Kier alpha value is -3.12. The first-order chi connectivity index (χ1) is 28.1. The Morgan fingerprint density at radius 3 is 2.30 bits per heavy atom. The fourth-order valence-electron chi connectivity index (χ4n) is 8.64. The van der Waals surface area contributed by atoms with Gasteiger partial charge in [0, 0.05) is 49.5 Å². The highest BCUT2D eigenvalue weighted by molar-refractivity contribution is 5.87. The lowest BCUT2D eigenvalue weighted by Gasteiger charge is -2.49. The predicted octanol–water partition coefficient (Wildman–Crippen LogP) is 4.59. The van der Waals surface area contributed by atoms with Gasteiger partial charge in [0.1, 0.15) is 12.2 Å². The summed E-state index contributed by atoms with van der Waals surface area (Å²) in [6.07, 6.45) is 1.54. The number of esters is 1. The second-order valence-electron chi connectivity index (χ2n) is 17.3. The second-order valence-corrected chi connectivity index (χ2v) is 17.3. The third-order valence-corrected chi connectivity index (χ3v) is 12.5. The summed E-state index contributed by atoms with van der Waals surface area (Å²) in [6.45, 7) is 18.0. The Bertz CT molecular complexity index is 1550. The normalized spacial score (nSPS) is 41.8. The standard InChI is InChI=1S/C45H73NO14/c1-13-15-33-27(6)36(57-37-21-32(47)42(31(10)56-37)59-44(46)52)22-45(53,60-33)30(9)40(50)29(8)41-34(54-11)17-14-16-23(2)18-25(4)38(48)28(7)39(49)26(5)19-24(3)20-35(55-12)43(51)58-41/h13-17,19-20,25-34,36-42,47-50,53H,18,21-22H2,1-12H3,(H2,46,52)/b15-13+,17-14+,23-16-,24-19+,35-20?/t25-,26-,27-,28+,29+,30+,31-,32-,33-,34+,36-,37+,38+,39-,40-,41-,42-,45-/m1/s1. The molecule has 15 heteroatoms. The van der Waals surface area contributed by atoms with Gasteiger partial charge in [0.15, 0.2) is 18.2 Å². The molecule has 3 rings (SSSR count). The molecule has 60 heavy (non-hydrogen) atoms. The molecule has 0 aromatic rings. The van der Waals surface area contributed by atoms with Crippen LogP contribution in [0.5, 0.6) is 0 Å². The van der Waals surface area contributed by atoms with Crippen LogP contribution in [0.1, 0.15) is 88.5 Å². The number of nitrogens with two attached hydrogens (primary N) is 1. The Morgan fingerprint density at radius 2 is 1.72 bits per heavy atom. The topological polar surface area (TPSA) is 226 Å². The van der Waals surface area contributed by atoms with Gasteiger partial charge in [-0.25, -0.2) is 9.59 Å². The van der Waals surface area contributed by atoms with Crippen molar-refractivity contribution in [1.29, 1.82) is 0 Å². The lowest BCUT2D eigenvalue weighted by Crippen LogP contribution is -2.59. The molecule has 1 amide bonds. The summed E-state index contributed by atoms with van der Waals surface area (Å²) in [7, 11) is 2.80. The third kappa shape index (κ3) is 13.2. The maximum atomic E-state index is 13.9. The first kappa shape index (κ1) is 51.2. The number of hydrogen-bond donors (Lipinski definition) is 6. The number of rotatable bonds is 10. The summed E-state index contributed by atoms with van der Waals surface area (Å²) in [6, 6.07) is 0. The van der Waals surface area contributed by atoms with E-state index < -0.39 is 103 Å². The van der Waals surface area contributed by atoms with Crippen molar-refractivity contribution in [2.45, 2.75) is 162 Å². The Kier molecular flexibility index (Phi) is 19.5. The zero-order chi connectivity index (χ0) is 45.2. The van der Waals surface area contributed by atoms with Crippen molar-refractivity contribution in [3.05, 3.63) is 59.4 Å². The summed E-state index contributed by atoms with van der Waals surface area (Å²) in [4.78, 5) is 25.3. The van der Waals surface area contributed by atoms with Gasteiger partial charge in [0.05, 0.1) is 49.8 Å². The molecule has 0 radical (unpaired) electrons. The molecule has 0 aromatic heterocycles. The first-order valence-electron chi connectivity index (χ1n) is 21.1. The molecule has 3 aliphatic rings. The minimum atomic E-state index is -1.97. The number of amides is 1. The number of carbonyl (C=O) groups is 2. The van der Waals surface area contributed by atoms with Crippen molar-refractivity contribution in [3.63, 3.8) is 0 Å². The molecule has 0 spiro atoms. The maximum Gasteiger partial charge on any atom is 0.404 e. The van der Waals surface area contributed by atoms with Crippen molar-refractivity contribution in [1.82, 2.24) is 0 Å². The van der Waals surface area contributed by atoms with E-state index in [1.165, 1.54) is 20.3 Å². The average molecular weight is 852 g/mol. The molecular weight excluding hydrogens is 778 g/mol. The Labute approximate surface area is 356 Å². The Balaban J connectivity index is 1.99. The molecule has 2 saturated heterocycles. The largest absolute Gasteiger partial charge is 0.490 e. The van der Waals surface area contributed by atoms with Gasteiger partial charge < -0.3 is 64.4 Å². The number of cyclic esters (lactones) is 1. The lowest BCUT2D eigenvalue weighted by atomic mass is 9.77. The van der Waals surface area contributed by atoms with Gasteiger partial charge in [-0.05, 0) is 46.1 Å². The number of methoxy groups -OCH3 is 2. The lowest BCUT2D eigenvalue weighted by molar-refractivity contribution is -0.338. The molecule has 2 fully saturated rings. The van der Waals surface area contributed by atoms with E-state index in [2.05, 4.69) is 0 Å². The monoisotopic (exact) mass is 852 g/mol. The van der Waals surface area contributed by atoms with Crippen LogP contribution in [0.4, 0.5) is 4.79 Å². The maximum absolute atomic E-state index is 13.9. The van der Waals surface area contributed by atoms with Gasteiger partial charge in [-0.15, -0.1) is 0 Å². The summed E-state index contributed by atoms with van der Waals surface area (Å²) in [5.41, 5.74) is 6.76. The number of allylic oxidation sites excluding steroid dienone is 6. The van der Waals surface area contributed by atoms with Crippen molar-refractivity contribution >= 4 is 12.1 Å². The Morgan fingerprint density at radius 1 is 1.05 bits per heavy atom. The van der Waals surface area contributed by atoms with E-state index in [9.17, 15) is 35.1 Å². The van der Waals surface area contributed by atoms with Crippen LogP contribution in [0.25, 0.3) is 0 Å². The first-order valence-corrected chi connectivity index (χ1v) is 21.1. The zero-order valence-electron chi connectivity index (χ0n) is 37.5. The van der Waals surface area contributed by atoms with Crippen LogP contribution in [-0.2, 0) is 38.0 Å². The molecule has 0 unspecified atom stereocenters. The average Bonchev–Trinajstić information content (AvgIpc) is 3.18. The van der Waals surface area contributed by atoms with Crippen molar-refractivity contribution in [2.24, 2.45) is 41.2 Å². The number of hydrogen-bond acceptors (Lipinski definition) is 14. The van der Waals surface area contributed by atoms with Crippen LogP contribution in [0.15, 0.2) is 59.4 Å². The summed E-state index contributed by atoms with van der Waals surface area (Å²) in [5.74, 6) is -6.06. The van der Waals surface area contributed by atoms with Gasteiger partial charge in [-0.2, -0.15) is 0 Å². The van der Waals surface area contributed by atoms with E-state index >= 15 is 0 Å². The van der Waals surface area contributed by atoms with Crippen LogP contribution in [0, 0.1) is 35.5 Å². The minimum Gasteiger partial charge on any atom is -0.490 e. The number of aliphatic hydroxyl groups is 5. The van der Waals surface area contributed by atoms with E-state index in [-0.39, 0.29) is 36.4 Å². The molecule has 0 aromatic carbocycles. The zero-order valence-corrected chi connectivity index (χ0v) is 37.5. The van der Waals surface area contributed by atoms with E-state index in [0.29, 0.717) is 12.0 Å². The second kappa shape index (κ2) is 22.8. The van der Waals surface area contributed by atoms with Crippen molar-refractivity contribution in [3.8, 4) is 0 Å².